The number of carboxylic acid groups (broad SMARTS) is 1. The van der Waals surface area contributed by atoms with E-state index in [2.05, 4.69) is 5.10 Å². The highest BCUT2D eigenvalue weighted by Gasteiger charge is 2.16. The van der Waals surface area contributed by atoms with Crippen LogP contribution in [-0.4, -0.2) is 40.7 Å². The Morgan fingerprint density at radius 2 is 2.13 bits per heavy atom. The number of aromatic nitrogens is 2. The Labute approximate surface area is 134 Å². The summed E-state index contributed by atoms with van der Waals surface area (Å²) in [5.74, 6) is 0.407. The summed E-state index contributed by atoms with van der Waals surface area (Å²) in [4.78, 5) is 10.8. The number of carboxylic acids is 1. The Bertz CT molecular complexity index is 662. The van der Waals surface area contributed by atoms with Crippen molar-refractivity contribution in [3.8, 4) is 16.9 Å². The minimum Gasteiger partial charge on any atom is -0.493 e. The minimum atomic E-state index is -0.913. The molecule has 1 saturated heterocycles. The van der Waals surface area contributed by atoms with E-state index in [1.807, 2.05) is 24.3 Å². The summed E-state index contributed by atoms with van der Waals surface area (Å²) in [7, 11) is 0. The van der Waals surface area contributed by atoms with E-state index in [0.29, 0.717) is 12.5 Å². The van der Waals surface area contributed by atoms with Crippen LogP contribution in [0.3, 0.4) is 0 Å². The van der Waals surface area contributed by atoms with Crippen molar-refractivity contribution in [1.29, 1.82) is 0 Å². The van der Waals surface area contributed by atoms with Crippen molar-refractivity contribution in [3.05, 3.63) is 36.7 Å². The molecule has 1 aliphatic rings. The zero-order valence-corrected chi connectivity index (χ0v) is 12.9. The van der Waals surface area contributed by atoms with Gasteiger partial charge in [0.05, 0.1) is 12.8 Å². The highest BCUT2D eigenvalue weighted by molar-refractivity contribution is 5.70. The normalized spacial score (nSPS) is 15.5. The highest BCUT2D eigenvalue weighted by atomic mass is 16.5. The van der Waals surface area contributed by atoms with Crippen molar-refractivity contribution >= 4 is 5.97 Å². The molecule has 23 heavy (non-hydrogen) atoms. The predicted octanol–water partition coefficient (Wildman–Crippen LogP) is 2.44. The molecule has 1 fully saturated rings. The molecular formula is C17H20N2O4. The number of aliphatic carboxylic acids is 1. The molecule has 1 aromatic heterocycles. The van der Waals surface area contributed by atoms with Gasteiger partial charge in [0.1, 0.15) is 12.3 Å². The zero-order chi connectivity index (χ0) is 16.1. The second-order valence-corrected chi connectivity index (χ2v) is 5.68. The van der Waals surface area contributed by atoms with E-state index in [9.17, 15) is 4.79 Å². The van der Waals surface area contributed by atoms with Gasteiger partial charge in [0.15, 0.2) is 0 Å². The molecule has 1 N–H and O–H groups in total. The summed E-state index contributed by atoms with van der Waals surface area (Å²) in [6.07, 6.45) is 5.45. The monoisotopic (exact) mass is 316 g/mol. The molecule has 122 valence electrons. The lowest BCUT2D eigenvalue weighted by molar-refractivity contribution is -0.137. The molecule has 0 amide bonds. The Morgan fingerprint density at radius 1 is 1.35 bits per heavy atom. The first kappa shape index (κ1) is 15.6. The summed E-state index contributed by atoms with van der Waals surface area (Å²) in [5.41, 5.74) is 1.78. The topological polar surface area (TPSA) is 73.6 Å². The van der Waals surface area contributed by atoms with Gasteiger partial charge in [0.2, 0.25) is 0 Å². The molecule has 0 atom stereocenters. The summed E-state index contributed by atoms with van der Waals surface area (Å²) in [5, 5.41) is 12.9. The van der Waals surface area contributed by atoms with E-state index < -0.39 is 5.97 Å². The summed E-state index contributed by atoms with van der Waals surface area (Å²) >= 11 is 0. The molecule has 2 heterocycles. The Balaban J connectivity index is 1.72. The first-order chi connectivity index (χ1) is 11.2. The Morgan fingerprint density at radius 3 is 2.91 bits per heavy atom. The lowest BCUT2D eigenvalue weighted by atomic mass is 10.0. The number of hydrogen-bond donors (Lipinski definition) is 1. The van der Waals surface area contributed by atoms with Gasteiger partial charge in [-0.25, -0.2) is 0 Å². The second-order valence-electron chi connectivity index (χ2n) is 5.68. The van der Waals surface area contributed by atoms with Crippen molar-refractivity contribution in [2.45, 2.75) is 19.4 Å². The average molecular weight is 316 g/mol. The van der Waals surface area contributed by atoms with Crippen LogP contribution in [-0.2, 0) is 16.1 Å². The van der Waals surface area contributed by atoms with Gasteiger partial charge in [0.25, 0.3) is 0 Å². The number of carbonyl (C=O) groups is 1. The van der Waals surface area contributed by atoms with E-state index in [0.717, 1.165) is 42.9 Å². The number of nitrogens with zero attached hydrogens (tertiary/aromatic N) is 2. The van der Waals surface area contributed by atoms with Crippen LogP contribution in [0.1, 0.15) is 12.8 Å². The summed E-state index contributed by atoms with van der Waals surface area (Å²) < 4.78 is 12.8. The largest absolute Gasteiger partial charge is 0.493 e. The molecule has 1 aliphatic heterocycles. The summed E-state index contributed by atoms with van der Waals surface area (Å²) in [6.45, 7) is 2.13. The van der Waals surface area contributed by atoms with Crippen LogP contribution in [0.25, 0.3) is 11.1 Å². The number of rotatable bonds is 6. The molecule has 0 radical (unpaired) electrons. The lowest BCUT2D eigenvalue weighted by Gasteiger charge is -2.22. The van der Waals surface area contributed by atoms with Gasteiger partial charge in [-0.15, -0.1) is 0 Å². The van der Waals surface area contributed by atoms with Crippen LogP contribution in [0.15, 0.2) is 36.7 Å². The number of para-hydroxylation sites is 1. The maximum Gasteiger partial charge on any atom is 0.325 e. The molecule has 3 rings (SSSR count). The molecule has 2 aromatic rings. The molecule has 6 heteroatoms. The maximum atomic E-state index is 10.8. The highest BCUT2D eigenvalue weighted by Crippen LogP contribution is 2.30. The SMILES string of the molecule is O=C(O)Cn1cc(-c2ccccc2OCC2CCOCC2)cn1. The number of hydrogen-bond acceptors (Lipinski definition) is 4. The first-order valence-electron chi connectivity index (χ1n) is 7.76. The number of benzene rings is 1. The third kappa shape index (κ3) is 4.10. The van der Waals surface area contributed by atoms with Gasteiger partial charge in [-0.2, -0.15) is 5.10 Å². The van der Waals surface area contributed by atoms with Crippen molar-refractivity contribution in [2.24, 2.45) is 5.92 Å². The zero-order valence-electron chi connectivity index (χ0n) is 12.9. The van der Waals surface area contributed by atoms with Crippen LogP contribution in [0, 0.1) is 5.92 Å². The quantitative estimate of drug-likeness (QED) is 0.886. The van der Waals surface area contributed by atoms with Crippen LogP contribution in [0.4, 0.5) is 0 Å². The van der Waals surface area contributed by atoms with Crippen molar-refractivity contribution in [3.63, 3.8) is 0 Å². The molecule has 6 nitrogen and oxygen atoms in total. The lowest BCUT2D eigenvalue weighted by Crippen LogP contribution is -2.21. The van der Waals surface area contributed by atoms with Crippen molar-refractivity contribution in [2.75, 3.05) is 19.8 Å². The molecule has 0 saturated carbocycles. The molecule has 1 aromatic carbocycles. The fraction of sp³-hybridized carbons (Fsp3) is 0.412. The van der Waals surface area contributed by atoms with Gasteiger partial charge in [-0.3, -0.25) is 9.48 Å². The van der Waals surface area contributed by atoms with Crippen molar-refractivity contribution in [1.82, 2.24) is 9.78 Å². The third-order valence-electron chi connectivity index (χ3n) is 3.94. The van der Waals surface area contributed by atoms with Crippen LogP contribution >= 0.6 is 0 Å². The van der Waals surface area contributed by atoms with E-state index in [1.165, 1.54) is 4.68 Å². The van der Waals surface area contributed by atoms with E-state index in [-0.39, 0.29) is 6.54 Å². The second kappa shape index (κ2) is 7.28. The average Bonchev–Trinajstić information content (AvgIpc) is 3.02. The van der Waals surface area contributed by atoms with E-state index >= 15 is 0 Å². The minimum absolute atomic E-state index is 0.148. The maximum absolute atomic E-state index is 10.8. The molecule has 0 aliphatic carbocycles. The van der Waals surface area contributed by atoms with Gasteiger partial charge in [-0.05, 0) is 24.8 Å². The predicted molar refractivity (Wildman–Crippen MR) is 84.3 cm³/mol. The van der Waals surface area contributed by atoms with Gasteiger partial charge < -0.3 is 14.6 Å². The van der Waals surface area contributed by atoms with Crippen LogP contribution in [0.5, 0.6) is 5.75 Å². The first-order valence-corrected chi connectivity index (χ1v) is 7.76. The standard InChI is InChI=1S/C17H20N2O4/c20-17(21)11-19-10-14(9-18-19)15-3-1-2-4-16(15)23-12-13-5-7-22-8-6-13/h1-4,9-10,13H,5-8,11-12H2,(H,20,21). The third-order valence-corrected chi connectivity index (χ3v) is 3.94. The van der Waals surface area contributed by atoms with Gasteiger partial charge in [-0.1, -0.05) is 18.2 Å². The Hall–Kier alpha value is -2.34. The number of ether oxygens (including phenoxy) is 2. The molecule has 0 spiro atoms. The smallest absolute Gasteiger partial charge is 0.325 e. The Kier molecular flexibility index (Phi) is 4.92. The summed E-state index contributed by atoms with van der Waals surface area (Å²) in [6, 6.07) is 7.76. The van der Waals surface area contributed by atoms with Gasteiger partial charge in [0, 0.05) is 30.5 Å². The van der Waals surface area contributed by atoms with Crippen LogP contribution in [0.2, 0.25) is 0 Å². The molecule has 0 bridgehead atoms. The van der Waals surface area contributed by atoms with Gasteiger partial charge >= 0.3 is 5.97 Å². The fourth-order valence-corrected chi connectivity index (χ4v) is 2.68. The van der Waals surface area contributed by atoms with E-state index in [4.69, 9.17) is 14.6 Å². The van der Waals surface area contributed by atoms with Crippen molar-refractivity contribution < 1.29 is 19.4 Å². The molecule has 0 unspecified atom stereocenters. The molecular weight excluding hydrogens is 296 g/mol. The van der Waals surface area contributed by atoms with E-state index in [1.54, 1.807) is 12.4 Å². The fourth-order valence-electron chi connectivity index (χ4n) is 2.68. The van der Waals surface area contributed by atoms with Crippen LogP contribution < -0.4 is 4.74 Å².